The molecular formula is C12H36Cl2N2Si4Sn2. The molecule has 0 aliphatic rings. The normalized spacial score (nSPS) is 14.2. The number of nitrogens with zero attached hydrogens (tertiary/aromatic N) is 2. The summed E-state index contributed by atoms with van der Waals surface area (Å²) < 4.78 is 5.43. The molecule has 0 aliphatic heterocycles. The Morgan fingerprint density at radius 1 is 0.455 bits per heavy atom. The van der Waals surface area contributed by atoms with Gasteiger partial charge in [-0.2, -0.15) is 0 Å². The Balaban J connectivity index is 0. The summed E-state index contributed by atoms with van der Waals surface area (Å²) in [5.41, 5.74) is 0. The number of hydrogen-bond donors (Lipinski definition) is 0. The molecule has 132 valence electrons. The third-order valence-corrected chi connectivity index (χ3v) is 49.3. The van der Waals surface area contributed by atoms with E-state index >= 15 is 0 Å². The van der Waals surface area contributed by atoms with E-state index in [0.29, 0.717) is 0 Å². The van der Waals surface area contributed by atoms with Crippen LogP contribution in [0.15, 0.2) is 0 Å². The number of hydrogen-bond acceptors (Lipinski definition) is 2. The molecule has 4 radical (unpaired) electrons. The molecule has 0 saturated heterocycles. The molecular weight excluding hydrogens is 593 g/mol. The first-order valence-corrected chi connectivity index (χ1v) is 31.3. The van der Waals surface area contributed by atoms with Gasteiger partial charge in [-0.25, -0.2) is 0 Å². The van der Waals surface area contributed by atoms with Gasteiger partial charge in [0.1, 0.15) is 0 Å². The summed E-state index contributed by atoms with van der Waals surface area (Å²) in [6.07, 6.45) is 0. The van der Waals surface area contributed by atoms with Crippen LogP contribution < -0.4 is 0 Å². The van der Waals surface area contributed by atoms with Crippen LogP contribution in [-0.4, -0.2) is 78.4 Å². The quantitative estimate of drug-likeness (QED) is 0.361. The zero-order valence-corrected chi connectivity index (χ0v) is 27.9. The topological polar surface area (TPSA) is 6.48 Å². The standard InChI is InChI=1S/2C6H18NSi2.2ClH.2Sn/c2*1-8(2,3)7-9(4,5)6;;;;/h2*1-6H3;2*1H;;/q2*-1;;;2*+2/p-2. The molecule has 22 heavy (non-hydrogen) atoms. The van der Waals surface area contributed by atoms with Crippen molar-refractivity contribution < 1.29 is 0 Å². The molecule has 0 spiro atoms. The van der Waals surface area contributed by atoms with Crippen LogP contribution in [0.25, 0.3) is 0 Å². The third kappa shape index (κ3) is 11.6. The van der Waals surface area contributed by atoms with Crippen molar-refractivity contribution in [2.75, 3.05) is 0 Å². The molecule has 0 amide bonds. The molecule has 10 heteroatoms. The van der Waals surface area contributed by atoms with Gasteiger partial charge in [0.2, 0.25) is 0 Å². The average Bonchev–Trinajstić information content (AvgIpc) is 2.09. The van der Waals surface area contributed by atoms with E-state index in [0.717, 1.165) is 0 Å². The second-order valence-electron chi connectivity index (χ2n) is 9.52. The van der Waals surface area contributed by atoms with Crippen LogP contribution in [0.5, 0.6) is 0 Å². The Labute approximate surface area is 173 Å². The Bertz CT molecular complexity index is 263. The van der Waals surface area contributed by atoms with Gasteiger partial charge in [0.05, 0.1) is 0 Å². The van der Waals surface area contributed by atoms with Gasteiger partial charge in [-0.15, -0.1) is 0 Å². The first-order valence-electron chi connectivity index (χ1n) is 7.72. The number of halogens is 2. The fourth-order valence-electron chi connectivity index (χ4n) is 2.52. The first kappa shape index (κ1) is 27.2. The fourth-order valence-corrected chi connectivity index (χ4v) is 48.7. The predicted octanol–water partition coefficient (Wildman–Crippen LogP) is 5.46. The minimum atomic E-state index is -1.08. The molecule has 2 nitrogen and oxygen atoms in total. The maximum atomic E-state index is 6.10. The summed E-state index contributed by atoms with van der Waals surface area (Å²) in [4.78, 5) is 0. The van der Waals surface area contributed by atoms with Crippen LogP contribution in [0.1, 0.15) is 0 Å². The molecule has 0 aromatic carbocycles. The van der Waals surface area contributed by atoms with Crippen molar-refractivity contribution in [2.45, 2.75) is 78.6 Å². The molecule has 0 unspecified atom stereocenters. The number of rotatable bonds is 6. The predicted molar refractivity (Wildman–Crippen MR) is 120 cm³/mol. The SMILES string of the molecule is C[Si](C)(C)[N]([Sn][Cl])[Si](C)(C)C.C[Si](C)(C)[N]([Sn][Cl])[Si](C)(C)C. The van der Waals surface area contributed by atoms with Gasteiger partial charge in [-0.05, 0) is 0 Å². The fraction of sp³-hybridized carbons (Fsp3) is 1.00. The van der Waals surface area contributed by atoms with E-state index in [1.165, 1.54) is 0 Å². The Kier molecular flexibility index (Phi) is 12.8. The van der Waals surface area contributed by atoms with E-state index in [1.807, 2.05) is 0 Å². The van der Waals surface area contributed by atoms with E-state index in [1.54, 1.807) is 0 Å². The van der Waals surface area contributed by atoms with Crippen molar-refractivity contribution >= 4 is 91.4 Å². The zero-order valence-electron chi connectivity index (χ0n) is 16.7. The minimum absolute atomic E-state index is 0.712. The van der Waals surface area contributed by atoms with Crippen molar-refractivity contribution in [2.24, 2.45) is 0 Å². The Morgan fingerprint density at radius 2 is 0.591 bits per heavy atom. The molecule has 0 heterocycles. The molecule has 0 fully saturated rings. The summed E-state index contributed by atoms with van der Waals surface area (Å²) in [7, 11) is 7.87. The summed E-state index contributed by atoms with van der Waals surface area (Å²) >= 11 is -1.42. The van der Waals surface area contributed by atoms with E-state index in [9.17, 15) is 0 Å². The van der Waals surface area contributed by atoms with E-state index in [2.05, 4.69) is 83.5 Å². The van der Waals surface area contributed by atoms with Gasteiger partial charge in [-0.3, -0.25) is 0 Å². The van der Waals surface area contributed by atoms with Crippen LogP contribution in [0.4, 0.5) is 0 Å². The van der Waals surface area contributed by atoms with E-state index in [-0.39, 0.29) is 0 Å². The van der Waals surface area contributed by atoms with Crippen LogP contribution in [-0.2, 0) is 0 Å². The molecule has 0 aliphatic carbocycles. The molecule has 0 atom stereocenters. The van der Waals surface area contributed by atoms with Gasteiger partial charge >= 0.3 is 175 Å². The van der Waals surface area contributed by atoms with Gasteiger partial charge in [0.15, 0.2) is 0 Å². The zero-order chi connectivity index (χ0) is 18.6. The molecule has 0 bridgehead atoms. The van der Waals surface area contributed by atoms with Crippen LogP contribution in [0.2, 0.25) is 78.6 Å². The van der Waals surface area contributed by atoms with Gasteiger partial charge in [-0.1, -0.05) is 0 Å². The van der Waals surface area contributed by atoms with Gasteiger partial charge in [0, 0.05) is 0 Å². The maximum absolute atomic E-state index is 6.10. The van der Waals surface area contributed by atoms with E-state index < -0.39 is 73.5 Å². The first-order chi connectivity index (χ1) is 9.39. The van der Waals surface area contributed by atoms with Crippen LogP contribution in [0, 0.1) is 0 Å². The van der Waals surface area contributed by atoms with Crippen molar-refractivity contribution in [1.29, 1.82) is 0 Å². The Morgan fingerprint density at radius 3 is 0.591 bits per heavy atom. The van der Waals surface area contributed by atoms with Crippen LogP contribution in [0.3, 0.4) is 0 Å². The van der Waals surface area contributed by atoms with Crippen molar-refractivity contribution in [3.63, 3.8) is 0 Å². The second kappa shape index (κ2) is 10.3. The summed E-state index contributed by atoms with van der Waals surface area (Å²) in [6.45, 7) is 28.8. The molecule has 0 aromatic rings. The third-order valence-electron chi connectivity index (χ3n) is 2.85. The van der Waals surface area contributed by atoms with Crippen molar-refractivity contribution in [1.82, 2.24) is 4.91 Å². The summed E-state index contributed by atoms with van der Waals surface area (Å²) in [5.74, 6) is 0. The Hall–Kier alpha value is 2.96. The van der Waals surface area contributed by atoms with Gasteiger partial charge in [0.25, 0.3) is 0 Å². The second-order valence-corrected chi connectivity index (χ2v) is 40.5. The molecule has 0 rings (SSSR count). The molecule has 0 saturated carbocycles. The van der Waals surface area contributed by atoms with Crippen LogP contribution >= 0.6 is 17.8 Å². The molecule has 0 aromatic heterocycles. The monoisotopic (exact) mass is 630 g/mol. The summed E-state index contributed by atoms with van der Waals surface area (Å²) in [6, 6.07) is 0. The van der Waals surface area contributed by atoms with Crippen molar-refractivity contribution in [3.05, 3.63) is 0 Å². The average molecular weight is 629 g/mol. The van der Waals surface area contributed by atoms with E-state index in [4.69, 9.17) is 17.8 Å². The molecule has 0 N–H and O–H groups in total. The van der Waals surface area contributed by atoms with Gasteiger partial charge < -0.3 is 0 Å². The van der Waals surface area contributed by atoms with Crippen molar-refractivity contribution in [3.8, 4) is 0 Å². The summed E-state index contributed by atoms with van der Waals surface area (Å²) in [5, 5.41) is 0.